The van der Waals surface area contributed by atoms with Gasteiger partial charge in [-0.15, -0.1) is 0 Å². The maximum Gasteiger partial charge on any atom is 0.244 e. The zero-order valence-electron chi connectivity index (χ0n) is 14.8. The largest absolute Gasteiger partial charge is 0.497 e. The first kappa shape index (κ1) is 17.2. The lowest BCUT2D eigenvalue weighted by Crippen LogP contribution is -2.54. The van der Waals surface area contributed by atoms with Crippen molar-refractivity contribution in [3.63, 3.8) is 0 Å². The number of carbonyl (C=O) groups is 1. The van der Waals surface area contributed by atoms with E-state index in [1.54, 1.807) is 7.11 Å². The Morgan fingerprint density at radius 2 is 2.04 bits per heavy atom. The summed E-state index contributed by atoms with van der Waals surface area (Å²) in [6.07, 6.45) is 3.47. The Kier molecular flexibility index (Phi) is 5.74. The molecular formula is C19H29N3O2. The van der Waals surface area contributed by atoms with Crippen LogP contribution in [0.2, 0.25) is 0 Å². The SMILES string of the molecule is COc1cccc(C(C(=O)N2CCCCC2)N2CCNC(C)C2)c1. The molecule has 2 fully saturated rings. The molecule has 0 aliphatic carbocycles. The molecule has 3 rings (SSSR count). The van der Waals surface area contributed by atoms with Crippen molar-refractivity contribution in [3.8, 4) is 5.75 Å². The van der Waals surface area contributed by atoms with Crippen molar-refractivity contribution in [2.75, 3.05) is 39.8 Å². The Labute approximate surface area is 145 Å². The standard InChI is InChI=1S/C19H29N3O2/c1-15-14-22(12-9-20-15)18(16-7-6-8-17(13-16)24-2)19(23)21-10-4-3-5-11-21/h6-8,13,15,18,20H,3-5,9-12,14H2,1-2H3. The molecule has 1 N–H and O–H groups in total. The van der Waals surface area contributed by atoms with E-state index in [2.05, 4.69) is 28.1 Å². The van der Waals surface area contributed by atoms with Crippen LogP contribution in [0.5, 0.6) is 5.75 Å². The number of methoxy groups -OCH3 is 1. The van der Waals surface area contributed by atoms with Gasteiger partial charge in [0.25, 0.3) is 0 Å². The molecule has 0 saturated carbocycles. The van der Waals surface area contributed by atoms with Gasteiger partial charge in [-0.2, -0.15) is 0 Å². The summed E-state index contributed by atoms with van der Waals surface area (Å²) >= 11 is 0. The van der Waals surface area contributed by atoms with Crippen molar-refractivity contribution in [3.05, 3.63) is 29.8 Å². The van der Waals surface area contributed by atoms with Crippen LogP contribution in [0.1, 0.15) is 37.8 Å². The summed E-state index contributed by atoms with van der Waals surface area (Å²) in [6, 6.07) is 8.19. The predicted octanol–water partition coefficient (Wildman–Crippen LogP) is 2.04. The van der Waals surface area contributed by atoms with Gasteiger partial charge in [0.2, 0.25) is 5.91 Å². The predicted molar refractivity (Wildman–Crippen MR) is 95.2 cm³/mol. The molecule has 132 valence electrons. The molecule has 0 aromatic heterocycles. The lowest BCUT2D eigenvalue weighted by atomic mass is 10.00. The van der Waals surface area contributed by atoms with Gasteiger partial charge in [-0.3, -0.25) is 9.69 Å². The van der Waals surface area contributed by atoms with E-state index in [1.807, 2.05) is 18.2 Å². The number of rotatable bonds is 4. The van der Waals surface area contributed by atoms with Gasteiger partial charge in [0.05, 0.1) is 7.11 Å². The van der Waals surface area contributed by atoms with E-state index in [0.29, 0.717) is 6.04 Å². The summed E-state index contributed by atoms with van der Waals surface area (Å²) in [6.45, 7) is 6.67. The Bertz CT molecular complexity index is 557. The van der Waals surface area contributed by atoms with Gasteiger partial charge in [-0.1, -0.05) is 12.1 Å². The molecule has 2 unspecified atom stereocenters. The van der Waals surface area contributed by atoms with Crippen molar-refractivity contribution in [1.82, 2.24) is 15.1 Å². The van der Waals surface area contributed by atoms with Gasteiger partial charge in [-0.25, -0.2) is 0 Å². The first-order valence-corrected chi connectivity index (χ1v) is 9.09. The first-order valence-electron chi connectivity index (χ1n) is 9.09. The maximum atomic E-state index is 13.3. The Hall–Kier alpha value is -1.59. The second-order valence-electron chi connectivity index (χ2n) is 6.92. The number of likely N-dealkylation sites (tertiary alicyclic amines) is 1. The summed E-state index contributed by atoms with van der Waals surface area (Å²) in [7, 11) is 1.67. The van der Waals surface area contributed by atoms with E-state index < -0.39 is 0 Å². The van der Waals surface area contributed by atoms with Crippen molar-refractivity contribution >= 4 is 5.91 Å². The highest BCUT2D eigenvalue weighted by molar-refractivity contribution is 5.83. The quantitative estimate of drug-likeness (QED) is 0.917. The Morgan fingerprint density at radius 1 is 1.25 bits per heavy atom. The van der Waals surface area contributed by atoms with Crippen LogP contribution in [-0.4, -0.2) is 61.6 Å². The molecule has 2 aliphatic heterocycles. The molecule has 1 aromatic rings. The third-order valence-electron chi connectivity index (χ3n) is 5.08. The van der Waals surface area contributed by atoms with Crippen molar-refractivity contribution in [2.24, 2.45) is 0 Å². The van der Waals surface area contributed by atoms with E-state index in [0.717, 1.165) is 56.9 Å². The Morgan fingerprint density at radius 3 is 2.75 bits per heavy atom. The third-order valence-corrected chi connectivity index (χ3v) is 5.08. The molecular weight excluding hydrogens is 302 g/mol. The normalized spacial score (nSPS) is 23.8. The highest BCUT2D eigenvalue weighted by Crippen LogP contribution is 2.28. The number of benzene rings is 1. The zero-order valence-corrected chi connectivity index (χ0v) is 14.8. The van der Waals surface area contributed by atoms with Crippen LogP contribution in [0.4, 0.5) is 0 Å². The van der Waals surface area contributed by atoms with E-state index >= 15 is 0 Å². The molecule has 5 nitrogen and oxygen atoms in total. The van der Waals surface area contributed by atoms with Crippen LogP contribution in [0.15, 0.2) is 24.3 Å². The van der Waals surface area contributed by atoms with Crippen LogP contribution in [-0.2, 0) is 4.79 Å². The molecule has 1 amide bonds. The van der Waals surface area contributed by atoms with E-state index in [-0.39, 0.29) is 11.9 Å². The summed E-state index contributed by atoms with van der Waals surface area (Å²) in [5.41, 5.74) is 1.04. The fraction of sp³-hybridized carbons (Fsp3) is 0.632. The summed E-state index contributed by atoms with van der Waals surface area (Å²) in [5.74, 6) is 1.06. The number of ether oxygens (including phenoxy) is 1. The molecule has 2 aliphatic rings. The van der Waals surface area contributed by atoms with Gasteiger partial charge in [0.1, 0.15) is 11.8 Å². The minimum absolute atomic E-state index is 0.206. The van der Waals surface area contributed by atoms with Crippen LogP contribution in [0.25, 0.3) is 0 Å². The van der Waals surface area contributed by atoms with Gasteiger partial charge in [0, 0.05) is 38.8 Å². The average Bonchev–Trinajstić information content (AvgIpc) is 2.63. The van der Waals surface area contributed by atoms with E-state index in [4.69, 9.17) is 4.74 Å². The number of piperidine rings is 1. The molecule has 0 spiro atoms. The number of nitrogens with one attached hydrogen (secondary N) is 1. The van der Waals surface area contributed by atoms with Gasteiger partial charge < -0.3 is 15.0 Å². The lowest BCUT2D eigenvalue weighted by Gasteiger charge is -2.40. The maximum absolute atomic E-state index is 13.3. The van der Waals surface area contributed by atoms with Crippen molar-refractivity contribution < 1.29 is 9.53 Å². The number of piperazine rings is 1. The van der Waals surface area contributed by atoms with Gasteiger partial charge in [0.15, 0.2) is 0 Å². The van der Waals surface area contributed by atoms with Crippen LogP contribution < -0.4 is 10.1 Å². The smallest absolute Gasteiger partial charge is 0.244 e. The van der Waals surface area contributed by atoms with Crippen LogP contribution in [0.3, 0.4) is 0 Å². The summed E-state index contributed by atoms with van der Waals surface area (Å²) in [4.78, 5) is 17.7. The third kappa shape index (κ3) is 3.90. The summed E-state index contributed by atoms with van der Waals surface area (Å²) in [5, 5.41) is 3.47. The molecule has 2 heterocycles. The van der Waals surface area contributed by atoms with E-state index in [9.17, 15) is 4.79 Å². The highest BCUT2D eigenvalue weighted by Gasteiger charge is 2.34. The number of nitrogens with zero attached hydrogens (tertiary/aromatic N) is 2. The Balaban J connectivity index is 1.88. The van der Waals surface area contributed by atoms with Crippen molar-refractivity contribution in [1.29, 1.82) is 0 Å². The number of hydrogen-bond donors (Lipinski definition) is 1. The fourth-order valence-electron chi connectivity index (χ4n) is 3.81. The van der Waals surface area contributed by atoms with Gasteiger partial charge >= 0.3 is 0 Å². The summed E-state index contributed by atoms with van der Waals surface area (Å²) < 4.78 is 5.38. The second kappa shape index (κ2) is 7.99. The molecule has 0 bridgehead atoms. The molecule has 5 heteroatoms. The second-order valence-corrected chi connectivity index (χ2v) is 6.92. The van der Waals surface area contributed by atoms with Crippen molar-refractivity contribution in [2.45, 2.75) is 38.3 Å². The molecule has 2 saturated heterocycles. The zero-order chi connectivity index (χ0) is 16.9. The molecule has 24 heavy (non-hydrogen) atoms. The van der Waals surface area contributed by atoms with Crippen LogP contribution >= 0.6 is 0 Å². The minimum atomic E-state index is -0.206. The molecule has 0 radical (unpaired) electrons. The van der Waals surface area contributed by atoms with Crippen LogP contribution in [0, 0.1) is 0 Å². The number of amides is 1. The minimum Gasteiger partial charge on any atom is -0.497 e. The highest BCUT2D eigenvalue weighted by atomic mass is 16.5. The fourth-order valence-corrected chi connectivity index (χ4v) is 3.81. The number of hydrogen-bond acceptors (Lipinski definition) is 4. The monoisotopic (exact) mass is 331 g/mol. The average molecular weight is 331 g/mol. The lowest BCUT2D eigenvalue weighted by molar-refractivity contribution is -0.138. The topological polar surface area (TPSA) is 44.8 Å². The molecule has 1 aromatic carbocycles. The van der Waals surface area contributed by atoms with Gasteiger partial charge in [-0.05, 0) is 43.9 Å². The van der Waals surface area contributed by atoms with E-state index in [1.165, 1.54) is 6.42 Å². The first-order chi connectivity index (χ1) is 11.7. The number of carbonyl (C=O) groups excluding carboxylic acids is 1. The molecule has 2 atom stereocenters.